The Labute approximate surface area is 170 Å². The third-order valence-corrected chi connectivity index (χ3v) is 4.52. The van der Waals surface area contributed by atoms with E-state index in [9.17, 15) is 22.8 Å². The Morgan fingerprint density at radius 2 is 1.97 bits per heavy atom. The van der Waals surface area contributed by atoms with Crippen LogP contribution in [0.3, 0.4) is 0 Å². The van der Waals surface area contributed by atoms with E-state index in [1.165, 1.54) is 0 Å². The van der Waals surface area contributed by atoms with Crippen molar-refractivity contribution in [1.82, 2.24) is 14.9 Å². The van der Waals surface area contributed by atoms with E-state index in [1.54, 1.807) is 29.2 Å². The van der Waals surface area contributed by atoms with Crippen molar-refractivity contribution in [1.29, 1.82) is 0 Å². The molecule has 30 heavy (non-hydrogen) atoms. The summed E-state index contributed by atoms with van der Waals surface area (Å²) in [5.74, 6) is -1.24. The van der Waals surface area contributed by atoms with Gasteiger partial charge in [0.1, 0.15) is 11.4 Å². The number of carbonyl (C=O) groups excluding carboxylic acids is 2. The molecule has 1 aliphatic heterocycles. The van der Waals surface area contributed by atoms with Gasteiger partial charge >= 0.3 is 6.18 Å². The van der Waals surface area contributed by atoms with Gasteiger partial charge in [-0.15, -0.1) is 0 Å². The quantitative estimate of drug-likeness (QED) is 0.641. The predicted molar refractivity (Wildman–Crippen MR) is 105 cm³/mol. The lowest BCUT2D eigenvalue weighted by molar-refractivity contribution is -0.137. The number of alkyl halides is 3. The summed E-state index contributed by atoms with van der Waals surface area (Å²) in [6, 6.07) is 6.19. The Balaban J connectivity index is 1.60. The van der Waals surface area contributed by atoms with Gasteiger partial charge in [-0.1, -0.05) is 6.58 Å². The van der Waals surface area contributed by atoms with E-state index >= 15 is 0 Å². The summed E-state index contributed by atoms with van der Waals surface area (Å²) in [6.07, 6.45) is -2.27. The fraction of sp³-hybridized carbons (Fsp3) is 0.263. The number of hydrogen-bond acceptors (Lipinski definition) is 6. The van der Waals surface area contributed by atoms with Crippen molar-refractivity contribution < 1.29 is 22.8 Å². The number of nitrogens with one attached hydrogen (secondary N) is 2. The summed E-state index contributed by atoms with van der Waals surface area (Å²) in [7, 11) is 0. The maximum atomic E-state index is 12.7. The highest BCUT2D eigenvalue weighted by molar-refractivity contribution is 5.99. The zero-order valence-electron chi connectivity index (χ0n) is 15.7. The number of hydrogen-bond donors (Lipinski definition) is 3. The van der Waals surface area contributed by atoms with Crippen molar-refractivity contribution in [2.45, 2.75) is 18.6 Å². The molecule has 0 radical (unpaired) electrons. The molecule has 1 unspecified atom stereocenters. The zero-order valence-corrected chi connectivity index (χ0v) is 15.7. The second-order valence-electron chi connectivity index (χ2n) is 6.64. The second kappa shape index (κ2) is 8.39. The van der Waals surface area contributed by atoms with Crippen LogP contribution in [0.1, 0.15) is 22.3 Å². The number of benzene rings is 1. The van der Waals surface area contributed by atoms with Crippen molar-refractivity contribution in [2.24, 2.45) is 0 Å². The van der Waals surface area contributed by atoms with Gasteiger partial charge in [-0.05, 0) is 36.8 Å². The first-order chi connectivity index (χ1) is 14.2. The van der Waals surface area contributed by atoms with Crippen LogP contribution in [0.25, 0.3) is 0 Å². The average molecular weight is 420 g/mol. The van der Waals surface area contributed by atoms with Crippen LogP contribution in [0.5, 0.6) is 0 Å². The minimum Gasteiger partial charge on any atom is -0.383 e. The number of likely N-dealkylation sites (tertiary alicyclic amines) is 1. The third-order valence-electron chi connectivity index (χ3n) is 4.52. The van der Waals surface area contributed by atoms with Gasteiger partial charge in [0, 0.05) is 36.6 Å². The van der Waals surface area contributed by atoms with Crippen LogP contribution < -0.4 is 16.4 Å². The highest BCUT2D eigenvalue weighted by atomic mass is 19.4. The maximum absolute atomic E-state index is 12.7. The van der Waals surface area contributed by atoms with Crippen LogP contribution in [-0.4, -0.2) is 45.8 Å². The summed E-state index contributed by atoms with van der Waals surface area (Å²) in [5.41, 5.74) is 5.27. The molecule has 4 N–H and O–H groups in total. The Morgan fingerprint density at radius 3 is 2.57 bits per heavy atom. The number of rotatable bonds is 5. The van der Waals surface area contributed by atoms with E-state index in [0.717, 1.165) is 6.08 Å². The highest BCUT2D eigenvalue weighted by Crippen LogP contribution is 2.32. The van der Waals surface area contributed by atoms with Gasteiger partial charge in [0.25, 0.3) is 5.91 Å². The number of halogens is 3. The number of carbonyl (C=O) groups is 2. The van der Waals surface area contributed by atoms with Gasteiger partial charge in [-0.2, -0.15) is 18.2 Å². The summed E-state index contributed by atoms with van der Waals surface area (Å²) in [4.78, 5) is 32.9. The Morgan fingerprint density at radius 1 is 1.27 bits per heavy atom. The molecule has 0 saturated carbocycles. The fourth-order valence-corrected chi connectivity index (χ4v) is 3.00. The minimum absolute atomic E-state index is 0.0258. The van der Waals surface area contributed by atoms with Crippen LogP contribution in [0.4, 0.5) is 30.6 Å². The number of anilines is 3. The second-order valence-corrected chi connectivity index (χ2v) is 6.64. The van der Waals surface area contributed by atoms with Gasteiger partial charge in [-0.3, -0.25) is 9.59 Å². The molecule has 11 heteroatoms. The normalized spacial score (nSPS) is 16.2. The topological polar surface area (TPSA) is 113 Å². The molecule has 0 bridgehead atoms. The first kappa shape index (κ1) is 21.1. The van der Waals surface area contributed by atoms with E-state index in [1.807, 2.05) is 0 Å². The summed E-state index contributed by atoms with van der Waals surface area (Å²) in [6.45, 7) is 4.16. The molecule has 8 nitrogen and oxygen atoms in total. The first-order valence-electron chi connectivity index (χ1n) is 8.96. The number of nitrogen functional groups attached to an aromatic ring is 1. The van der Waals surface area contributed by atoms with Crippen molar-refractivity contribution >= 4 is 29.3 Å². The summed E-state index contributed by atoms with van der Waals surface area (Å²) in [5, 5.41) is 5.51. The fourth-order valence-electron chi connectivity index (χ4n) is 3.00. The molecule has 1 saturated heterocycles. The molecule has 2 amide bonds. The molecular weight excluding hydrogens is 401 g/mol. The molecule has 2 heterocycles. The Hall–Kier alpha value is -3.63. The number of nitrogens with zero attached hydrogens (tertiary/aromatic N) is 3. The van der Waals surface area contributed by atoms with E-state index in [-0.39, 0.29) is 23.8 Å². The molecule has 1 aromatic heterocycles. The number of amides is 2. The minimum atomic E-state index is -4.62. The van der Waals surface area contributed by atoms with Crippen molar-refractivity contribution in [2.75, 3.05) is 29.5 Å². The Kier molecular flexibility index (Phi) is 5.90. The van der Waals surface area contributed by atoms with Gasteiger partial charge in [0.2, 0.25) is 11.9 Å². The molecule has 1 aliphatic rings. The van der Waals surface area contributed by atoms with Crippen molar-refractivity contribution in [3.05, 3.63) is 54.2 Å². The largest absolute Gasteiger partial charge is 0.421 e. The smallest absolute Gasteiger partial charge is 0.383 e. The summed E-state index contributed by atoms with van der Waals surface area (Å²) < 4.78 is 38.2. The van der Waals surface area contributed by atoms with Crippen LogP contribution in [-0.2, 0) is 11.0 Å². The van der Waals surface area contributed by atoms with Gasteiger partial charge in [-0.25, -0.2) is 4.98 Å². The molecule has 2 aromatic rings. The van der Waals surface area contributed by atoms with Crippen LogP contribution in [0, 0.1) is 0 Å². The standard InChI is InChI=1S/C19H19F3N6O2/c1-2-15(29)25-12-5-3-11(4-6-12)17(30)28-8-7-13(10-28)26-18-24-9-14(16(23)27-18)19(20,21)22/h2-6,9,13H,1,7-8,10H2,(H,25,29)(H3,23,24,26,27). The molecular formula is C19H19F3N6O2. The molecule has 158 valence electrons. The zero-order chi connectivity index (χ0) is 21.9. The molecule has 1 atom stereocenters. The first-order valence-corrected chi connectivity index (χ1v) is 8.96. The van der Waals surface area contributed by atoms with Crippen LogP contribution in [0.15, 0.2) is 43.1 Å². The molecule has 0 spiro atoms. The van der Waals surface area contributed by atoms with Crippen molar-refractivity contribution in [3.8, 4) is 0 Å². The van der Waals surface area contributed by atoms with E-state index in [0.29, 0.717) is 37.0 Å². The maximum Gasteiger partial charge on any atom is 0.421 e. The van der Waals surface area contributed by atoms with E-state index in [2.05, 4.69) is 27.2 Å². The van der Waals surface area contributed by atoms with Crippen LogP contribution >= 0.6 is 0 Å². The number of nitrogens with two attached hydrogens (primary N) is 1. The molecule has 1 fully saturated rings. The molecule has 1 aromatic carbocycles. The summed E-state index contributed by atoms with van der Waals surface area (Å²) >= 11 is 0. The lowest BCUT2D eigenvalue weighted by Crippen LogP contribution is -2.32. The average Bonchev–Trinajstić information content (AvgIpc) is 3.15. The third kappa shape index (κ3) is 4.85. The highest BCUT2D eigenvalue weighted by Gasteiger charge is 2.35. The lowest BCUT2D eigenvalue weighted by atomic mass is 10.2. The number of aromatic nitrogens is 2. The molecule has 3 rings (SSSR count). The monoisotopic (exact) mass is 420 g/mol. The SMILES string of the molecule is C=CC(=O)Nc1ccc(C(=O)N2CCC(Nc3ncc(C(F)(F)F)c(N)n3)C2)cc1. The van der Waals surface area contributed by atoms with Gasteiger partial charge < -0.3 is 21.3 Å². The predicted octanol–water partition coefficient (Wildman–Crippen LogP) is 2.53. The van der Waals surface area contributed by atoms with E-state index in [4.69, 9.17) is 5.73 Å². The Bertz CT molecular complexity index is 962. The van der Waals surface area contributed by atoms with Gasteiger partial charge in [0.15, 0.2) is 0 Å². The lowest BCUT2D eigenvalue weighted by Gasteiger charge is -2.18. The van der Waals surface area contributed by atoms with E-state index < -0.39 is 17.6 Å². The van der Waals surface area contributed by atoms with Gasteiger partial charge in [0.05, 0.1) is 0 Å². The van der Waals surface area contributed by atoms with Crippen molar-refractivity contribution in [3.63, 3.8) is 0 Å². The van der Waals surface area contributed by atoms with Crippen LogP contribution in [0.2, 0.25) is 0 Å². The molecule has 0 aliphatic carbocycles.